The Morgan fingerprint density at radius 3 is 2.59 bits per heavy atom. The van der Waals surface area contributed by atoms with E-state index in [9.17, 15) is 0 Å². The average Bonchev–Trinajstić information content (AvgIpc) is 3.41. The molecule has 27 heavy (non-hydrogen) atoms. The molecule has 1 aromatic carbocycles. The van der Waals surface area contributed by atoms with Crippen LogP contribution in [0.1, 0.15) is 42.6 Å². The number of aromatic nitrogens is 1. The van der Waals surface area contributed by atoms with E-state index in [0.717, 1.165) is 46.8 Å². The molecule has 2 aromatic heterocycles. The summed E-state index contributed by atoms with van der Waals surface area (Å²) in [6.07, 6.45) is 12.3. The van der Waals surface area contributed by atoms with E-state index in [4.69, 9.17) is 13.9 Å². The van der Waals surface area contributed by atoms with Gasteiger partial charge in [-0.2, -0.15) is 0 Å². The van der Waals surface area contributed by atoms with Crippen LogP contribution in [0, 0.1) is 0 Å². The van der Waals surface area contributed by atoms with Crippen LogP contribution in [0.3, 0.4) is 0 Å². The zero-order valence-corrected chi connectivity index (χ0v) is 15.4. The quantitative estimate of drug-likeness (QED) is 0.574. The normalized spacial score (nSPS) is 15.1. The zero-order valence-electron chi connectivity index (χ0n) is 15.4. The van der Waals surface area contributed by atoms with E-state index < -0.39 is 0 Å². The second-order valence-corrected chi connectivity index (χ2v) is 6.71. The molecular formula is C23H23NO3. The Morgan fingerprint density at radius 1 is 1.07 bits per heavy atom. The highest BCUT2D eigenvalue weighted by atomic mass is 16.5. The first-order chi connectivity index (χ1) is 13.3. The van der Waals surface area contributed by atoms with Crippen LogP contribution in [-0.4, -0.2) is 18.2 Å². The van der Waals surface area contributed by atoms with Crippen LogP contribution >= 0.6 is 0 Å². The highest BCUT2D eigenvalue weighted by molar-refractivity contribution is 5.90. The minimum atomic E-state index is 0.269. The van der Waals surface area contributed by atoms with Gasteiger partial charge in [-0.05, 0) is 79.3 Å². The Balaban J connectivity index is 1.74. The Kier molecular flexibility index (Phi) is 5.24. The van der Waals surface area contributed by atoms with Crippen molar-refractivity contribution in [2.75, 3.05) is 7.11 Å². The van der Waals surface area contributed by atoms with Gasteiger partial charge in [0.25, 0.3) is 0 Å². The van der Waals surface area contributed by atoms with Crippen LogP contribution in [-0.2, 0) is 0 Å². The third-order valence-corrected chi connectivity index (χ3v) is 4.87. The molecule has 4 rings (SSSR count). The summed E-state index contributed by atoms with van der Waals surface area (Å²) in [4.78, 5) is 4.09. The summed E-state index contributed by atoms with van der Waals surface area (Å²) < 4.78 is 17.5. The third-order valence-electron chi connectivity index (χ3n) is 4.87. The number of methoxy groups -OCH3 is 1. The van der Waals surface area contributed by atoms with Crippen LogP contribution < -0.4 is 9.47 Å². The molecule has 4 heteroatoms. The van der Waals surface area contributed by atoms with Gasteiger partial charge >= 0.3 is 0 Å². The average molecular weight is 361 g/mol. The predicted octanol–water partition coefficient (Wildman–Crippen LogP) is 5.59. The summed E-state index contributed by atoms with van der Waals surface area (Å²) >= 11 is 0. The smallest absolute Gasteiger partial charge is 0.162 e. The van der Waals surface area contributed by atoms with Crippen molar-refractivity contribution >= 4 is 11.6 Å². The van der Waals surface area contributed by atoms with Crippen molar-refractivity contribution in [1.82, 2.24) is 4.98 Å². The fraction of sp³-hybridized carbons (Fsp3) is 0.261. The molecule has 1 aliphatic rings. The summed E-state index contributed by atoms with van der Waals surface area (Å²) in [5.41, 5.74) is 3.08. The summed E-state index contributed by atoms with van der Waals surface area (Å²) in [6.45, 7) is 0. The van der Waals surface area contributed by atoms with Gasteiger partial charge in [-0.1, -0.05) is 6.07 Å². The summed E-state index contributed by atoms with van der Waals surface area (Å²) in [5, 5.41) is 0. The largest absolute Gasteiger partial charge is 0.493 e. The van der Waals surface area contributed by atoms with E-state index in [1.54, 1.807) is 25.8 Å². The molecule has 0 aliphatic heterocycles. The Morgan fingerprint density at radius 2 is 1.89 bits per heavy atom. The number of rotatable bonds is 6. The van der Waals surface area contributed by atoms with Crippen LogP contribution in [0.25, 0.3) is 11.6 Å². The predicted molar refractivity (Wildman–Crippen MR) is 106 cm³/mol. The first-order valence-electron chi connectivity index (χ1n) is 9.34. The van der Waals surface area contributed by atoms with E-state index in [-0.39, 0.29) is 6.10 Å². The first-order valence-corrected chi connectivity index (χ1v) is 9.34. The van der Waals surface area contributed by atoms with Gasteiger partial charge in [0.15, 0.2) is 11.5 Å². The molecule has 0 saturated heterocycles. The molecule has 4 nitrogen and oxygen atoms in total. The van der Waals surface area contributed by atoms with Crippen molar-refractivity contribution in [3.63, 3.8) is 0 Å². The number of ether oxygens (including phenoxy) is 2. The molecule has 0 N–H and O–H groups in total. The SMILES string of the molecule is COc1ccc(/C(=C\c2ccncc2)c2ccco2)cc1OC1CCCC1. The maximum absolute atomic E-state index is 6.26. The lowest BCUT2D eigenvalue weighted by Gasteiger charge is -2.17. The summed E-state index contributed by atoms with van der Waals surface area (Å²) in [5.74, 6) is 2.35. The zero-order chi connectivity index (χ0) is 18.5. The van der Waals surface area contributed by atoms with Crippen LogP contribution in [0.5, 0.6) is 11.5 Å². The number of hydrogen-bond acceptors (Lipinski definition) is 4. The van der Waals surface area contributed by atoms with E-state index in [1.165, 1.54) is 12.8 Å². The Bertz CT molecular complexity index is 895. The lowest BCUT2D eigenvalue weighted by molar-refractivity contribution is 0.201. The number of furan rings is 1. The molecule has 0 unspecified atom stereocenters. The van der Waals surface area contributed by atoms with Gasteiger partial charge in [0.1, 0.15) is 5.76 Å². The van der Waals surface area contributed by atoms with Crippen molar-refractivity contribution in [3.8, 4) is 11.5 Å². The maximum Gasteiger partial charge on any atom is 0.162 e. The number of pyridine rings is 1. The molecule has 0 bridgehead atoms. The van der Waals surface area contributed by atoms with Crippen molar-refractivity contribution in [2.24, 2.45) is 0 Å². The van der Waals surface area contributed by atoms with Gasteiger partial charge in [-0.3, -0.25) is 4.98 Å². The fourth-order valence-electron chi connectivity index (χ4n) is 3.48. The van der Waals surface area contributed by atoms with E-state index >= 15 is 0 Å². The highest BCUT2D eigenvalue weighted by Crippen LogP contribution is 2.36. The lowest BCUT2D eigenvalue weighted by atomic mass is 10.0. The highest BCUT2D eigenvalue weighted by Gasteiger charge is 2.19. The fourth-order valence-corrected chi connectivity index (χ4v) is 3.48. The molecule has 3 aromatic rings. The molecule has 1 fully saturated rings. The molecule has 0 amide bonds. The molecule has 1 aliphatic carbocycles. The Hall–Kier alpha value is -3.01. The molecule has 1 saturated carbocycles. The van der Waals surface area contributed by atoms with Crippen LogP contribution in [0.4, 0.5) is 0 Å². The monoisotopic (exact) mass is 361 g/mol. The Labute approximate surface area is 159 Å². The number of hydrogen-bond donors (Lipinski definition) is 0. The molecule has 0 spiro atoms. The maximum atomic E-state index is 6.26. The van der Waals surface area contributed by atoms with Crippen LogP contribution in [0.15, 0.2) is 65.5 Å². The molecular weight excluding hydrogens is 338 g/mol. The summed E-state index contributed by atoms with van der Waals surface area (Å²) in [6, 6.07) is 13.9. The van der Waals surface area contributed by atoms with Gasteiger partial charge in [0.2, 0.25) is 0 Å². The molecule has 0 atom stereocenters. The van der Waals surface area contributed by atoms with Gasteiger partial charge in [0, 0.05) is 18.0 Å². The number of nitrogens with zero attached hydrogens (tertiary/aromatic N) is 1. The minimum Gasteiger partial charge on any atom is -0.493 e. The molecule has 138 valence electrons. The summed E-state index contributed by atoms with van der Waals surface area (Å²) in [7, 11) is 1.68. The van der Waals surface area contributed by atoms with Crippen molar-refractivity contribution in [3.05, 3.63) is 78.0 Å². The van der Waals surface area contributed by atoms with Crippen LogP contribution in [0.2, 0.25) is 0 Å². The third kappa shape index (κ3) is 4.05. The minimum absolute atomic E-state index is 0.269. The van der Waals surface area contributed by atoms with Gasteiger partial charge in [-0.25, -0.2) is 0 Å². The van der Waals surface area contributed by atoms with Crippen molar-refractivity contribution in [2.45, 2.75) is 31.8 Å². The lowest BCUT2D eigenvalue weighted by Crippen LogP contribution is -2.11. The van der Waals surface area contributed by atoms with Crippen molar-refractivity contribution < 1.29 is 13.9 Å². The standard InChI is InChI=1S/C23H23NO3/c1-25-22-9-8-18(16-23(22)27-19-5-2-3-6-19)20(21-7-4-14-26-21)15-17-10-12-24-13-11-17/h4,7-16,19H,2-3,5-6H2,1H3/b20-15+. The number of benzene rings is 1. The molecule has 2 heterocycles. The molecule has 0 radical (unpaired) electrons. The topological polar surface area (TPSA) is 44.5 Å². The van der Waals surface area contributed by atoms with Gasteiger partial charge in [-0.15, -0.1) is 0 Å². The van der Waals surface area contributed by atoms with Gasteiger partial charge in [0.05, 0.1) is 19.5 Å². The van der Waals surface area contributed by atoms with Gasteiger partial charge < -0.3 is 13.9 Å². The van der Waals surface area contributed by atoms with E-state index in [0.29, 0.717) is 0 Å². The van der Waals surface area contributed by atoms with Crippen molar-refractivity contribution in [1.29, 1.82) is 0 Å². The van der Waals surface area contributed by atoms with E-state index in [1.807, 2.05) is 42.5 Å². The second-order valence-electron chi connectivity index (χ2n) is 6.71. The first kappa shape index (κ1) is 17.4. The second kappa shape index (κ2) is 8.12. The van der Waals surface area contributed by atoms with E-state index in [2.05, 4.69) is 11.1 Å².